The summed E-state index contributed by atoms with van der Waals surface area (Å²) in [5.41, 5.74) is 2.50. The lowest BCUT2D eigenvalue weighted by Crippen LogP contribution is -2.34. The minimum absolute atomic E-state index is 0.198. The van der Waals surface area contributed by atoms with Gasteiger partial charge in [-0.25, -0.2) is 4.79 Å². The molecule has 0 radical (unpaired) electrons. The summed E-state index contributed by atoms with van der Waals surface area (Å²) in [6.45, 7) is -0.198. The number of amides is 2. The Morgan fingerprint density at radius 2 is 1.60 bits per heavy atom. The zero-order valence-corrected chi connectivity index (χ0v) is 13.5. The van der Waals surface area contributed by atoms with Gasteiger partial charge in [-0.2, -0.15) is 0 Å². The Morgan fingerprint density at radius 1 is 0.920 bits per heavy atom. The molecule has 3 aromatic rings. The van der Waals surface area contributed by atoms with Gasteiger partial charge >= 0.3 is 6.03 Å². The maximum Gasteiger partial charge on any atom is 0.321 e. The van der Waals surface area contributed by atoms with Gasteiger partial charge in [0.25, 0.3) is 0 Å². The third kappa shape index (κ3) is 4.39. The minimum Gasteiger partial charge on any atom is -0.394 e. The number of carbonyl (C=O) groups is 1. The number of aliphatic hydroxyl groups excluding tert-OH is 1. The van der Waals surface area contributed by atoms with Gasteiger partial charge in [-0.3, -0.25) is 5.32 Å². The average molecular weight is 334 g/mol. The first-order valence-electron chi connectivity index (χ1n) is 7.89. The van der Waals surface area contributed by atoms with E-state index >= 15 is 0 Å². The molecule has 2 aromatic carbocycles. The summed E-state index contributed by atoms with van der Waals surface area (Å²) in [6, 6.07) is 21.5. The molecule has 0 aliphatic heterocycles. The van der Waals surface area contributed by atoms with E-state index in [1.54, 1.807) is 12.1 Å². The number of aliphatic hydroxyl groups is 1. The van der Waals surface area contributed by atoms with Crippen LogP contribution in [0.25, 0.3) is 11.3 Å². The van der Waals surface area contributed by atoms with Gasteiger partial charge in [0.15, 0.2) is 5.82 Å². The highest BCUT2D eigenvalue weighted by molar-refractivity contribution is 5.88. The molecule has 0 fully saturated rings. The van der Waals surface area contributed by atoms with Gasteiger partial charge in [0.05, 0.1) is 18.3 Å². The quantitative estimate of drug-likeness (QED) is 0.669. The van der Waals surface area contributed by atoms with Crippen LogP contribution in [0.2, 0.25) is 0 Å². The molecule has 25 heavy (non-hydrogen) atoms. The molecule has 3 rings (SSSR count). The number of nitrogens with one attached hydrogen (secondary N) is 2. The molecule has 6 heteroatoms. The van der Waals surface area contributed by atoms with Gasteiger partial charge in [-0.15, -0.1) is 10.2 Å². The molecule has 0 unspecified atom stereocenters. The molecule has 0 saturated heterocycles. The van der Waals surface area contributed by atoms with Crippen molar-refractivity contribution in [1.82, 2.24) is 15.5 Å². The molecular weight excluding hydrogens is 316 g/mol. The summed E-state index contributed by atoms with van der Waals surface area (Å²) in [6.07, 6.45) is 0. The van der Waals surface area contributed by atoms with Crippen LogP contribution in [0.3, 0.4) is 0 Å². The van der Waals surface area contributed by atoms with Gasteiger partial charge in [-0.05, 0) is 17.7 Å². The van der Waals surface area contributed by atoms with E-state index < -0.39 is 12.1 Å². The average Bonchev–Trinajstić information content (AvgIpc) is 2.68. The number of hydrogen-bond donors (Lipinski definition) is 3. The van der Waals surface area contributed by atoms with Crippen LogP contribution < -0.4 is 10.6 Å². The molecule has 0 aliphatic rings. The van der Waals surface area contributed by atoms with Crippen molar-refractivity contribution >= 4 is 11.8 Å². The second-order valence-corrected chi connectivity index (χ2v) is 5.41. The van der Waals surface area contributed by atoms with Gasteiger partial charge in [0, 0.05) is 5.56 Å². The number of carbonyl (C=O) groups excluding carboxylic acids is 1. The third-order valence-corrected chi connectivity index (χ3v) is 3.67. The molecule has 0 spiro atoms. The molecule has 1 heterocycles. The van der Waals surface area contributed by atoms with E-state index in [4.69, 9.17) is 0 Å². The van der Waals surface area contributed by atoms with Crippen molar-refractivity contribution in [3.05, 3.63) is 78.4 Å². The molecule has 0 bridgehead atoms. The predicted octanol–water partition coefficient (Wildman–Crippen LogP) is 3.00. The number of urea groups is 1. The van der Waals surface area contributed by atoms with Crippen LogP contribution in [0.5, 0.6) is 0 Å². The molecule has 6 nitrogen and oxygen atoms in total. The van der Waals surface area contributed by atoms with E-state index in [1.165, 1.54) is 0 Å². The Balaban J connectivity index is 1.63. The van der Waals surface area contributed by atoms with E-state index in [9.17, 15) is 9.90 Å². The Morgan fingerprint density at radius 3 is 2.20 bits per heavy atom. The van der Waals surface area contributed by atoms with E-state index in [1.807, 2.05) is 60.7 Å². The van der Waals surface area contributed by atoms with Crippen molar-refractivity contribution in [2.75, 3.05) is 11.9 Å². The topological polar surface area (TPSA) is 87.1 Å². The van der Waals surface area contributed by atoms with Crippen LogP contribution in [0.15, 0.2) is 72.8 Å². The van der Waals surface area contributed by atoms with Crippen molar-refractivity contribution in [3.63, 3.8) is 0 Å². The normalized spacial score (nSPS) is 11.6. The standard InChI is InChI=1S/C19H18N4O2/c24-13-17(15-9-5-2-6-10-15)20-19(25)21-18-12-11-16(22-23-18)14-7-3-1-4-8-14/h1-12,17,24H,13H2,(H2,20,21,23,25)/t17-/m1/s1. The van der Waals surface area contributed by atoms with Crippen molar-refractivity contribution in [3.8, 4) is 11.3 Å². The number of nitrogens with zero attached hydrogens (tertiary/aromatic N) is 2. The monoisotopic (exact) mass is 334 g/mol. The van der Waals surface area contributed by atoms with Gasteiger partial charge in [-0.1, -0.05) is 60.7 Å². The Bertz CT molecular complexity index is 808. The summed E-state index contributed by atoms with van der Waals surface area (Å²) in [5, 5.41) is 23.0. The molecule has 0 aliphatic carbocycles. The van der Waals surface area contributed by atoms with Crippen LogP contribution >= 0.6 is 0 Å². The molecule has 3 N–H and O–H groups in total. The molecule has 2 amide bonds. The largest absolute Gasteiger partial charge is 0.394 e. The highest BCUT2D eigenvalue weighted by Gasteiger charge is 2.13. The molecule has 0 saturated carbocycles. The summed E-state index contributed by atoms with van der Waals surface area (Å²) in [7, 11) is 0. The fraction of sp³-hybridized carbons (Fsp3) is 0.105. The van der Waals surface area contributed by atoms with E-state index in [0.717, 1.165) is 16.8 Å². The van der Waals surface area contributed by atoms with Crippen LogP contribution in [-0.4, -0.2) is 27.9 Å². The molecule has 126 valence electrons. The van der Waals surface area contributed by atoms with Gasteiger partial charge < -0.3 is 10.4 Å². The summed E-state index contributed by atoms with van der Waals surface area (Å²) in [5.74, 6) is 0.335. The zero-order valence-electron chi connectivity index (χ0n) is 13.5. The SMILES string of the molecule is O=C(Nc1ccc(-c2ccccc2)nn1)N[C@H](CO)c1ccccc1. The predicted molar refractivity (Wildman–Crippen MR) is 95.9 cm³/mol. The van der Waals surface area contributed by atoms with Crippen LogP contribution in [-0.2, 0) is 0 Å². The maximum absolute atomic E-state index is 12.1. The van der Waals surface area contributed by atoms with E-state index in [0.29, 0.717) is 5.82 Å². The number of hydrogen-bond acceptors (Lipinski definition) is 4. The lowest BCUT2D eigenvalue weighted by atomic mass is 10.1. The van der Waals surface area contributed by atoms with Gasteiger partial charge in [0.1, 0.15) is 0 Å². The summed E-state index contributed by atoms with van der Waals surface area (Å²) >= 11 is 0. The van der Waals surface area contributed by atoms with E-state index in [2.05, 4.69) is 20.8 Å². The number of rotatable bonds is 5. The van der Waals surface area contributed by atoms with Crippen molar-refractivity contribution in [2.45, 2.75) is 6.04 Å². The molecular formula is C19H18N4O2. The van der Waals surface area contributed by atoms with Gasteiger partial charge in [0.2, 0.25) is 0 Å². The first kappa shape index (κ1) is 16.6. The minimum atomic E-state index is -0.488. The number of aromatic nitrogens is 2. The maximum atomic E-state index is 12.1. The Kier molecular flexibility index (Phi) is 5.33. The van der Waals surface area contributed by atoms with E-state index in [-0.39, 0.29) is 6.61 Å². The second kappa shape index (κ2) is 8.03. The van der Waals surface area contributed by atoms with Crippen LogP contribution in [0.4, 0.5) is 10.6 Å². The Hall–Kier alpha value is -3.25. The fourth-order valence-corrected chi connectivity index (χ4v) is 2.39. The number of benzene rings is 2. The number of anilines is 1. The zero-order chi connectivity index (χ0) is 17.5. The van der Waals surface area contributed by atoms with Crippen molar-refractivity contribution in [1.29, 1.82) is 0 Å². The molecule has 1 atom stereocenters. The highest BCUT2D eigenvalue weighted by atomic mass is 16.3. The Labute approximate surface area is 145 Å². The van der Waals surface area contributed by atoms with Crippen molar-refractivity contribution < 1.29 is 9.90 Å². The lowest BCUT2D eigenvalue weighted by molar-refractivity contribution is 0.225. The summed E-state index contributed by atoms with van der Waals surface area (Å²) in [4.78, 5) is 12.1. The van der Waals surface area contributed by atoms with Crippen molar-refractivity contribution in [2.24, 2.45) is 0 Å². The fourth-order valence-electron chi connectivity index (χ4n) is 2.39. The lowest BCUT2D eigenvalue weighted by Gasteiger charge is -2.16. The second-order valence-electron chi connectivity index (χ2n) is 5.41. The summed E-state index contributed by atoms with van der Waals surface area (Å²) < 4.78 is 0. The van der Waals surface area contributed by atoms with Crippen LogP contribution in [0, 0.1) is 0 Å². The van der Waals surface area contributed by atoms with Crippen LogP contribution in [0.1, 0.15) is 11.6 Å². The first-order chi connectivity index (χ1) is 12.3. The smallest absolute Gasteiger partial charge is 0.321 e. The third-order valence-electron chi connectivity index (χ3n) is 3.67. The molecule has 1 aromatic heterocycles. The first-order valence-corrected chi connectivity index (χ1v) is 7.89. The highest BCUT2D eigenvalue weighted by Crippen LogP contribution is 2.16.